The molecule has 3 nitrogen and oxygen atoms in total. The fourth-order valence-corrected chi connectivity index (χ4v) is 9.98. The summed E-state index contributed by atoms with van der Waals surface area (Å²) in [5.41, 5.74) is 15.6. The average molecular weight is 734 g/mol. The highest BCUT2D eigenvalue weighted by molar-refractivity contribution is 7.26. The summed E-state index contributed by atoms with van der Waals surface area (Å²) in [5, 5.41) is 3.63. The first-order chi connectivity index (χ1) is 27.5. The van der Waals surface area contributed by atoms with Crippen molar-refractivity contribution in [2.45, 2.75) is 19.3 Å². The normalized spacial score (nSPS) is 13.0. The van der Waals surface area contributed by atoms with E-state index in [1.54, 1.807) is 0 Å². The van der Waals surface area contributed by atoms with Crippen molar-refractivity contribution in [3.63, 3.8) is 0 Å². The van der Waals surface area contributed by atoms with Gasteiger partial charge in [0.05, 0.1) is 22.6 Å². The lowest BCUT2D eigenvalue weighted by Crippen LogP contribution is -2.14. The molecule has 7 aromatic carbocycles. The lowest BCUT2D eigenvalue weighted by Gasteiger charge is -2.21. The number of benzene rings is 7. The van der Waals surface area contributed by atoms with Crippen molar-refractivity contribution in [3.05, 3.63) is 187 Å². The number of thiophene rings is 1. The number of nitrogens with zero attached hydrogens (tertiary/aromatic N) is 3. The molecule has 0 aliphatic heterocycles. The summed E-state index contributed by atoms with van der Waals surface area (Å²) in [6.45, 7) is 4.64. The molecule has 11 rings (SSSR count). The van der Waals surface area contributed by atoms with Crippen LogP contribution in [-0.4, -0.2) is 15.0 Å². The quantitative estimate of drug-likeness (QED) is 0.177. The monoisotopic (exact) mass is 733 g/mol. The fourth-order valence-electron chi connectivity index (χ4n) is 8.71. The highest BCUT2D eigenvalue weighted by Gasteiger charge is 2.35. The number of fused-ring (bicyclic) bond motifs is 8. The zero-order valence-corrected chi connectivity index (χ0v) is 31.8. The summed E-state index contributed by atoms with van der Waals surface area (Å²) >= 11 is 1.85. The topological polar surface area (TPSA) is 38.7 Å². The van der Waals surface area contributed by atoms with E-state index in [1.165, 1.54) is 58.9 Å². The highest BCUT2D eigenvalue weighted by atomic mass is 32.1. The van der Waals surface area contributed by atoms with E-state index >= 15 is 0 Å². The van der Waals surface area contributed by atoms with Gasteiger partial charge in [0.2, 0.25) is 0 Å². The lowest BCUT2D eigenvalue weighted by atomic mass is 9.82. The Balaban J connectivity index is 1.06. The van der Waals surface area contributed by atoms with Gasteiger partial charge in [-0.25, -0.2) is 15.0 Å². The Morgan fingerprint density at radius 2 is 1.05 bits per heavy atom. The van der Waals surface area contributed by atoms with Crippen LogP contribution < -0.4 is 0 Å². The summed E-state index contributed by atoms with van der Waals surface area (Å²) in [6.07, 6.45) is 0. The molecule has 0 radical (unpaired) electrons. The predicted molar refractivity (Wildman–Crippen MR) is 235 cm³/mol. The second-order valence-electron chi connectivity index (χ2n) is 15.2. The van der Waals surface area contributed by atoms with E-state index in [2.05, 4.69) is 184 Å². The van der Waals surface area contributed by atoms with Crippen LogP contribution in [0.15, 0.2) is 176 Å². The molecule has 0 atom stereocenters. The summed E-state index contributed by atoms with van der Waals surface area (Å²) in [5.74, 6) is 0.694. The molecule has 1 aliphatic rings. The maximum Gasteiger partial charge on any atom is 0.160 e. The summed E-state index contributed by atoms with van der Waals surface area (Å²) < 4.78 is 2.52. The van der Waals surface area contributed by atoms with Gasteiger partial charge in [-0.3, -0.25) is 0 Å². The maximum absolute atomic E-state index is 5.42. The predicted octanol–water partition coefficient (Wildman–Crippen LogP) is 14.0. The first kappa shape index (κ1) is 32.7. The summed E-state index contributed by atoms with van der Waals surface area (Å²) in [6, 6.07) is 62.7. The van der Waals surface area contributed by atoms with E-state index in [-0.39, 0.29) is 5.41 Å². The maximum atomic E-state index is 5.42. The molecule has 1 aliphatic carbocycles. The van der Waals surface area contributed by atoms with Crippen LogP contribution in [0.4, 0.5) is 0 Å². The van der Waals surface area contributed by atoms with Crippen LogP contribution >= 0.6 is 11.3 Å². The summed E-state index contributed by atoms with van der Waals surface area (Å²) in [7, 11) is 0. The van der Waals surface area contributed by atoms with Crippen LogP contribution in [-0.2, 0) is 5.41 Å². The molecular weight excluding hydrogens is 699 g/mol. The van der Waals surface area contributed by atoms with Gasteiger partial charge in [0.1, 0.15) is 0 Å². The number of aromatic nitrogens is 3. The molecule has 0 amide bonds. The molecule has 0 spiro atoms. The van der Waals surface area contributed by atoms with Crippen molar-refractivity contribution in [1.82, 2.24) is 15.0 Å². The van der Waals surface area contributed by atoms with Gasteiger partial charge >= 0.3 is 0 Å². The standard InChI is InChI=1S/C52H35N3S/c1-52(2)41-21-11-9-18-38(41)40-30-36(28-29-42(40)52)45-31-44(33-16-7-4-8-17-33)54-51(55-45)35-26-24-34(25-27-35)49-48-39-19-10-12-23-46(39)56-50(48)47-37(20-13-22-43(47)53-49)32-14-5-3-6-15-32/h3-31H,1-2H3. The van der Waals surface area contributed by atoms with Crippen molar-refractivity contribution >= 4 is 42.4 Å². The number of hydrogen-bond donors (Lipinski definition) is 0. The van der Waals surface area contributed by atoms with Crippen molar-refractivity contribution in [2.75, 3.05) is 0 Å². The fraction of sp³-hybridized carbons (Fsp3) is 0.0577. The van der Waals surface area contributed by atoms with Crippen LogP contribution in [0.2, 0.25) is 0 Å². The zero-order chi connectivity index (χ0) is 37.4. The van der Waals surface area contributed by atoms with Crippen molar-refractivity contribution in [1.29, 1.82) is 0 Å². The average Bonchev–Trinajstić information content (AvgIpc) is 3.76. The smallest absolute Gasteiger partial charge is 0.160 e. The van der Waals surface area contributed by atoms with E-state index in [4.69, 9.17) is 15.0 Å². The minimum Gasteiger partial charge on any atom is -0.247 e. The molecule has 0 bridgehead atoms. The molecule has 0 unspecified atom stereocenters. The van der Waals surface area contributed by atoms with Crippen LogP contribution in [0.1, 0.15) is 25.0 Å². The molecule has 0 N–H and O–H groups in total. The largest absolute Gasteiger partial charge is 0.247 e. The summed E-state index contributed by atoms with van der Waals surface area (Å²) in [4.78, 5) is 15.8. The van der Waals surface area contributed by atoms with E-state index < -0.39 is 0 Å². The molecule has 0 fully saturated rings. The van der Waals surface area contributed by atoms with Gasteiger partial charge < -0.3 is 0 Å². The lowest BCUT2D eigenvalue weighted by molar-refractivity contribution is 0.660. The first-order valence-corrected chi connectivity index (χ1v) is 19.9. The van der Waals surface area contributed by atoms with Gasteiger partial charge in [0.15, 0.2) is 5.82 Å². The Labute approximate surface area is 329 Å². The molecule has 10 aromatic rings. The third-order valence-electron chi connectivity index (χ3n) is 11.5. The van der Waals surface area contributed by atoms with Gasteiger partial charge in [-0.05, 0) is 57.6 Å². The molecule has 0 saturated carbocycles. The molecular formula is C52H35N3S. The number of hydrogen-bond acceptors (Lipinski definition) is 4. The van der Waals surface area contributed by atoms with Crippen LogP contribution in [0.3, 0.4) is 0 Å². The van der Waals surface area contributed by atoms with Crippen LogP contribution in [0.25, 0.3) is 98.5 Å². The van der Waals surface area contributed by atoms with E-state index in [0.717, 1.165) is 44.9 Å². The van der Waals surface area contributed by atoms with Crippen LogP contribution in [0.5, 0.6) is 0 Å². The number of rotatable bonds is 5. The minimum atomic E-state index is -0.0524. The van der Waals surface area contributed by atoms with Crippen molar-refractivity contribution < 1.29 is 0 Å². The zero-order valence-electron chi connectivity index (χ0n) is 31.0. The Bertz CT molecular complexity index is 3140. The van der Waals surface area contributed by atoms with Gasteiger partial charge in [-0.2, -0.15) is 0 Å². The third kappa shape index (κ3) is 5.14. The van der Waals surface area contributed by atoms with Gasteiger partial charge in [-0.15, -0.1) is 11.3 Å². The molecule has 56 heavy (non-hydrogen) atoms. The second-order valence-corrected chi connectivity index (χ2v) is 16.2. The van der Waals surface area contributed by atoms with Gasteiger partial charge in [-0.1, -0.05) is 166 Å². The highest BCUT2D eigenvalue weighted by Crippen LogP contribution is 2.50. The molecule has 4 heteroatoms. The molecule has 0 saturated heterocycles. The molecule has 3 heterocycles. The Morgan fingerprint density at radius 1 is 0.429 bits per heavy atom. The Morgan fingerprint density at radius 3 is 1.86 bits per heavy atom. The Kier molecular flexibility index (Phi) is 7.38. The molecule has 3 aromatic heterocycles. The van der Waals surface area contributed by atoms with Crippen LogP contribution in [0, 0.1) is 0 Å². The SMILES string of the molecule is CC1(C)c2ccccc2-c2cc(-c3cc(-c4ccccc4)nc(-c4ccc(-c5nc6cccc(-c7ccccc7)c6c6sc7ccccc7c56)cc4)n3)ccc21. The van der Waals surface area contributed by atoms with Gasteiger partial charge in [0, 0.05) is 53.2 Å². The van der Waals surface area contributed by atoms with Crippen molar-refractivity contribution in [3.8, 4) is 67.4 Å². The first-order valence-electron chi connectivity index (χ1n) is 19.1. The third-order valence-corrected chi connectivity index (χ3v) is 12.7. The van der Waals surface area contributed by atoms with Crippen molar-refractivity contribution in [2.24, 2.45) is 0 Å². The molecule has 264 valence electrons. The van der Waals surface area contributed by atoms with E-state index in [9.17, 15) is 0 Å². The minimum absolute atomic E-state index is 0.0524. The second kappa shape index (κ2) is 12.7. The van der Waals surface area contributed by atoms with Gasteiger partial charge in [0.25, 0.3) is 0 Å². The van der Waals surface area contributed by atoms with E-state index in [0.29, 0.717) is 5.82 Å². The number of pyridine rings is 1. The van der Waals surface area contributed by atoms with E-state index in [1.807, 2.05) is 17.4 Å². The Hall–Kier alpha value is -6.75.